The maximum atomic E-state index is 9.20. The summed E-state index contributed by atoms with van der Waals surface area (Å²) in [5.41, 5.74) is 2.29. The fraction of sp³-hybridized carbons (Fsp3) is 0.133. The average molecular weight is 239 g/mol. The van der Waals surface area contributed by atoms with Crippen LogP contribution in [0.2, 0.25) is 0 Å². The van der Waals surface area contributed by atoms with Gasteiger partial charge in [-0.1, -0.05) is 24.3 Å². The summed E-state index contributed by atoms with van der Waals surface area (Å²) in [6.07, 6.45) is 0.804. The third-order valence-electron chi connectivity index (χ3n) is 2.57. The maximum Gasteiger partial charge on any atom is 0.174 e. The zero-order chi connectivity index (χ0) is 12.8. The van der Waals surface area contributed by atoms with Gasteiger partial charge in [-0.3, -0.25) is 0 Å². The van der Waals surface area contributed by atoms with Gasteiger partial charge in [-0.15, -0.1) is 0 Å². The highest BCUT2D eigenvalue weighted by atomic mass is 16.5. The number of benzene rings is 2. The van der Waals surface area contributed by atoms with Crippen LogP contribution in [0.1, 0.15) is 11.1 Å². The molecule has 0 saturated heterocycles. The molecule has 0 bridgehead atoms. The molecule has 0 spiro atoms. The molecule has 2 rings (SSSR count). The Balaban J connectivity index is 2.02. The quantitative estimate of drug-likeness (QED) is 0.892. The van der Waals surface area contributed by atoms with Crippen molar-refractivity contribution in [1.82, 2.24) is 0 Å². The van der Waals surface area contributed by atoms with Crippen molar-refractivity contribution in [2.75, 3.05) is 6.61 Å². The van der Waals surface area contributed by atoms with Crippen LogP contribution in [0.4, 0.5) is 0 Å². The number of phenols is 1. The number of nitriles is 1. The van der Waals surface area contributed by atoms with Crippen molar-refractivity contribution in [3.8, 4) is 17.6 Å². The van der Waals surface area contributed by atoms with Crippen molar-refractivity contribution in [1.29, 1.82) is 5.26 Å². The van der Waals surface area contributed by atoms with Crippen LogP contribution in [0.5, 0.6) is 11.5 Å². The lowest BCUT2D eigenvalue weighted by Crippen LogP contribution is -1.94. The smallest absolute Gasteiger partial charge is 0.174 e. The first kappa shape index (κ1) is 12.0. The number of phenolic OH excluding ortho intramolecular Hbond substituents is 1. The Morgan fingerprint density at radius 2 is 1.50 bits per heavy atom. The van der Waals surface area contributed by atoms with Crippen molar-refractivity contribution in [2.24, 2.45) is 0 Å². The number of ether oxygens (including phenoxy) is 1. The monoisotopic (exact) mass is 239 g/mol. The Kier molecular flexibility index (Phi) is 3.83. The van der Waals surface area contributed by atoms with E-state index in [-0.39, 0.29) is 12.4 Å². The van der Waals surface area contributed by atoms with Crippen LogP contribution in [-0.4, -0.2) is 11.7 Å². The minimum Gasteiger partial charge on any atom is -0.508 e. The number of hydrogen-bond acceptors (Lipinski definition) is 3. The Hall–Kier alpha value is -2.47. The van der Waals surface area contributed by atoms with Crippen molar-refractivity contribution >= 4 is 0 Å². The van der Waals surface area contributed by atoms with Gasteiger partial charge in [0.15, 0.2) is 6.61 Å². The molecule has 0 amide bonds. The number of nitrogens with zero attached hydrogens (tertiary/aromatic N) is 1. The summed E-state index contributed by atoms with van der Waals surface area (Å²) in [6.45, 7) is 0.0668. The molecule has 3 nitrogen and oxygen atoms in total. The summed E-state index contributed by atoms with van der Waals surface area (Å²) >= 11 is 0. The molecule has 0 fully saturated rings. The zero-order valence-corrected chi connectivity index (χ0v) is 9.84. The first-order chi connectivity index (χ1) is 8.78. The van der Waals surface area contributed by atoms with E-state index in [0.717, 1.165) is 17.5 Å². The van der Waals surface area contributed by atoms with E-state index in [1.54, 1.807) is 12.1 Å². The first-order valence-electron chi connectivity index (χ1n) is 5.64. The summed E-state index contributed by atoms with van der Waals surface area (Å²) in [6, 6.07) is 16.7. The van der Waals surface area contributed by atoms with E-state index >= 15 is 0 Å². The van der Waals surface area contributed by atoms with Crippen LogP contribution in [0, 0.1) is 11.3 Å². The molecule has 0 aliphatic rings. The molecule has 0 atom stereocenters. The largest absolute Gasteiger partial charge is 0.508 e. The summed E-state index contributed by atoms with van der Waals surface area (Å²) in [4.78, 5) is 0. The second-order valence-corrected chi connectivity index (χ2v) is 3.93. The number of aromatic hydroxyl groups is 1. The Morgan fingerprint density at radius 1 is 0.944 bits per heavy atom. The summed E-state index contributed by atoms with van der Waals surface area (Å²) in [5.74, 6) is 0.977. The van der Waals surface area contributed by atoms with Crippen molar-refractivity contribution in [3.63, 3.8) is 0 Å². The molecule has 0 aliphatic carbocycles. The maximum absolute atomic E-state index is 9.20. The van der Waals surface area contributed by atoms with E-state index in [1.807, 2.05) is 42.5 Å². The summed E-state index contributed by atoms with van der Waals surface area (Å²) in [7, 11) is 0. The molecule has 0 aromatic heterocycles. The fourth-order valence-electron chi connectivity index (χ4n) is 1.67. The van der Waals surface area contributed by atoms with Gasteiger partial charge < -0.3 is 9.84 Å². The van der Waals surface area contributed by atoms with Gasteiger partial charge in [0.05, 0.1) is 0 Å². The van der Waals surface area contributed by atoms with E-state index in [0.29, 0.717) is 5.75 Å². The average Bonchev–Trinajstić information content (AvgIpc) is 2.41. The molecule has 90 valence electrons. The molecule has 2 aromatic rings. The van der Waals surface area contributed by atoms with Gasteiger partial charge in [0.1, 0.15) is 17.6 Å². The highest BCUT2D eigenvalue weighted by Crippen LogP contribution is 2.17. The first-order valence-corrected chi connectivity index (χ1v) is 5.64. The minimum atomic E-state index is 0.0668. The van der Waals surface area contributed by atoms with Gasteiger partial charge in [-0.25, -0.2) is 0 Å². The van der Waals surface area contributed by atoms with E-state index < -0.39 is 0 Å². The molecule has 0 saturated carbocycles. The lowest BCUT2D eigenvalue weighted by Gasteiger charge is -2.04. The van der Waals surface area contributed by atoms with Crippen LogP contribution in [-0.2, 0) is 6.42 Å². The van der Waals surface area contributed by atoms with Crippen LogP contribution >= 0.6 is 0 Å². The SMILES string of the molecule is N#CCOc1ccc(Cc2ccc(O)cc2)cc1. The molecule has 18 heavy (non-hydrogen) atoms. The van der Waals surface area contributed by atoms with Crippen LogP contribution in [0.25, 0.3) is 0 Å². The Bertz CT molecular complexity index is 538. The highest BCUT2D eigenvalue weighted by molar-refractivity contribution is 5.33. The van der Waals surface area contributed by atoms with Gasteiger partial charge >= 0.3 is 0 Å². The van der Waals surface area contributed by atoms with E-state index in [9.17, 15) is 5.11 Å². The molecule has 3 heteroatoms. The van der Waals surface area contributed by atoms with Crippen LogP contribution < -0.4 is 4.74 Å². The van der Waals surface area contributed by atoms with Crippen molar-refractivity contribution in [3.05, 3.63) is 59.7 Å². The van der Waals surface area contributed by atoms with Crippen molar-refractivity contribution < 1.29 is 9.84 Å². The van der Waals surface area contributed by atoms with Crippen molar-refractivity contribution in [2.45, 2.75) is 6.42 Å². The van der Waals surface area contributed by atoms with Gasteiger partial charge in [0.2, 0.25) is 0 Å². The van der Waals surface area contributed by atoms with Crippen LogP contribution in [0.3, 0.4) is 0 Å². The zero-order valence-electron chi connectivity index (χ0n) is 9.84. The molecule has 0 radical (unpaired) electrons. The normalized spacial score (nSPS) is 9.72. The van der Waals surface area contributed by atoms with E-state index in [2.05, 4.69) is 0 Å². The topological polar surface area (TPSA) is 53.2 Å². The molecule has 2 aromatic carbocycles. The highest BCUT2D eigenvalue weighted by Gasteiger charge is 1.98. The summed E-state index contributed by atoms with van der Waals surface area (Å²) in [5, 5.41) is 17.6. The number of hydrogen-bond donors (Lipinski definition) is 1. The number of rotatable bonds is 4. The molecular formula is C15H13NO2. The third-order valence-corrected chi connectivity index (χ3v) is 2.57. The van der Waals surface area contributed by atoms with Crippen LogP contribution in [0.15, 0.2) is 48.5 Å². The second kappa shape index (κ2) is 5.74. The second-order valence-electron chi connectivity index (χ2n) is 3.93. The Labute approximate surface area is 106 Å². The molecule has 0 aliphatic heterocycles. The standard InChI is InChI=1S/C15H13NO2/c16-9-10-18-15-7-3-13(4-8-15)11-12-1-5-14(17)6-2-12/h1-8,17H,10-11H2. The van der Waals surface area contributed by atoms with E-state index in [4.69, 9.17) is 10.00 Å². The predicted molar refractivity (Wildman–Crippen MR) is 68.5 cm³/mol. The lowest BCUT2D eigenvalue weighted by atomic mass is 10.0. The van der Waals surface area contributed by atoms with E-state index in [1.165, 1.54) is 0 Å². The fourth-order valence-corrected chi connectivity index (χ4v) is 1.67. The summed E-state index contributed by atoms with van der Waals surface area (Å²) < 4.78 is 5.18. The van der Waals surface area contributed by atoms with Gasteiger partial charge in [-0.05, 0) is 41.8 Å². The minimum absolute atomic E-state index is 0.0668. The molecule has 1 N–H and O–H groups in total. The Morgan fingerprint density at radius 3 is 2.06 bits per heavy atom. The molecular weight excluding hydrogens is 226 g/mol. The molecule has 0 unspecified atom stereocenters. The third kappa shape index (κ3) is 3.26. The van der Waals surface area contributed by atoms with Gasteiger partial charge in [0.25, 0.3) is 0 Å². The van der Waals surface area contributed by atoms with Gasteiger partial charge in [0, 0.05) is 0 Å². The lowest BCUT2D eigenvalue weighted by molar-refractivity contribution is 0.368. The molecule has 0 heterocycles. The predicted octanol–water partition coefficient (Wildman–Crippen LogP) is 2.89. The van der Waals surface area contributed by atoms with Gasteiger partial charge in [-0.2, -0.15) is 5.26 Å².